The largest absolute Gasteiger partial charge is 0.399 e. The average molecular weight is 189 g/mol. The van der Waals surface area contributed by atoms with Crippen LogP contribution in [-0.4, -0.2) is 9.78 Å². The van der Waals surface area contributed by atoms with Crippen LogP contribution in [0, 0.1) is 0 Å². The van der Waals surface area contributed by atoms with E-state index in [9.17, 15) is 0 Å². The summed E-state index contributed by atoms with van der Waals surface area (Å²) >= 11 is 0. The fourth-order valence-electron chi connectivity index (χ4n) is 1.58. The van der Waals surface area contributed by atoms with E-state index in [0.717, 1.165) is 23.0 Å². The number of hydrogen-bond donors (Lipinski definition) is 1. The second-order valence-corrected chi connectivity index (χ2v) is 3.66. The maximum Gasteiger partial charge on any atom is 0.0706 e. The van der Waals surface area contributed by atoms with Gasteiger partial charge in [-0.25, -0.2) is 0 Å². The lowest BCUT2D eigenvalue weighted by Gasteiger charge is -2.10. The predicted octanol–water partition coefficient (Wildman–Crippen LogP) is 2.59. The number of fused-ring (bicyclic) bond motifs is 1. The Morgan fingerprint density at radius 1 is 1.50 bits per heavy atom. The maximum atomic E-state index is 5.75. The van der Waals surface area contributed by atoms with Crippen LogP contribution in [0.3, 0.4) is 0 Å². The van der Waals surface area contributed by atoms with Gasteiger partial charge in [-0.05, 0) is 31.5 Å². The van der Waals surface area contributed by atoms with E-state index in [1.807, 2.05) is 29.1 Å². The minimum Gasteiger partial charge on any atom is -0.399 e. The summed E-state index contributed by atoms with van der Waals surface area (Å²) in [4.78, 5) is 0. The third kappa shape index (κ3) is 1.35. The zero-order valence-corrected chi connectivity index (χ0v) is 8.57. The molecule has 0 fully saturated rings. The molecule has 0 radical (unpaired) electrons. The van der Waals surface area contributed by atoms with Gasteiger partial charge in [-0.3, -0.25) is 4.68 Å². The number of hydrogen-bond acceptors (Lipinski definition) is 2. The van der Waals surface area contributed by atoms with Crippen LogP contribution >= 0.6 is 0 Å². The van der Waals surface area contributed by atoms with Crippen LogP contribution in [0.5, 0.6) is 0 Å². The molecule has 14 heavy (non-hydrogen) atoms. The van der Waals surface area contributed by atoms with Crippen LogP contribution in [-0.2, 0) is 0 Å². The van der Waals surface area contributed by atoms with Crippen molar-refractivity contribution in [2.75, 3.05) is 5.73 Å². The molecular formula is C11H15N3. The Morgan fingerprint density at radius 2 is 2.29 bits per heavy atom. The molecular weight excluding hydrogens is 174 g/mol. The molecule has 1 atom stereocenters. The zero-order chi connectivity index (χ0) is 10.1. The highest BCUT2D eigenvalue weighted by Crippen LogP contribution is 2.21. The number of nitrogens with two attached hydrogens (primary N) is 1. The minimum absolute atomic E-state index is 0.425. The maximum absolute atomic E-state index is 5.75. The Balaban J connectivity index is 2.61. The summed E-state index contributed by atoms with van der Waals surface area (Å²) in [6, 6.07) is 6.32. The summed E-state index contributed by atoms with van der Waals surface area (Å²) in [5, 5.41) is 5.52. The average Bonchev–Trinajstić information content (AvgIpc) is 2.59. The third-order valence-corrected chi connectivity index (χ3v) is 2.63. The van der Waals surface area contributed by atoms with Crippen molar-refractivity contribution in [1.82, 2.24) is 9.78 Å². The molecule has 0 amide bonds. The second-order valence-electron chi connectivity index (χ2n) is 3.66. The summed E-state index contributed by atoms with van der Waals surface area (Å²) < 4.78 is 2.03. The predicted molar refractivity (Wildman–Crippen MR) is 59.1 cm³/mol. The van der Waals surface area contributed by atoms with Crippen molar-refractivity contribution in [2.45, 2.75) is 26.3 Å². The molecule has 2 aromatic rings. The molecule has 0 saturated heterocycles. The summed E-state index contributed by atoms with van der Waals surface area (Å²) in [5.41, 5.74) is 7.67. The molecule has 1 heterocycles. The van der Waals surface area contributed by atoms with Crippen molar-refractivity contribution >= 4 is 16.6 Å². The molecule has 0 unspecified atom stereocenters. The fraction of sp³-hybridized carbons (Fsp3) is 0.364. The second kappa shape index (κ2) is 3.33. The van der Waals surface area contributed by atoms with E-state index in [1.165, 1.54) is 0 Å². The van der Waals surface area contributed by atoms with E-state index >= 15 is 0 Å². The Morgan fingerprint density at radius 3 is 3.00 bits per heavy atom. The van der Waals surface area contributed by atoms with Gasteiger partial charge in [0.1, 0.15) is 0 Å². The molecule has 1 aromatic heterocycles. The van der Waals surface area contributed by atoms with Gasteiger partial charge in [-0.2, -0.15) is 5.10 Å². The van der Waals surface area contributed by atoms with E-state index in [1.54, 1.807) is 0 Å². The first-order valence-electron chi connectivity index (χ1n) is 4.95. The highest BCUT2D eigenvalue weighted by molar-refractivity contribution is 5.81. The standard InChI is InChI=1S/C11H15N3/c1-3-8(2)14-11-6-10(12)5-4-9(11)7-13-14/h4-8H,3,12H2,1-2H3/t8-/m0/s1. The number of rotatable bonds is 2. The first kappa shape index (κ1) is 9.06. The molecule has 2 N–H and O–H groups in total. The Bertz CT molecular complexity index is 445. The monoisotopic (exact) mass is 189 g/mol. The number of anilines is 1. The van der Waals surface area contributed by atoms with Crippen molar-refractivity contribution in [3.8, 4) is 0 Å². The van der Waals surface area contributed by atoms with Gasteiger partial charge in [0, 0.05) is 17.1 Å². The van der Waals surface area contributed by atoms with Gasteiger partial charge in [0.15, 0.2) is 0 Å². The van der Waals surface area contributed by atoms with Crippen LogP contribution in [0.25, 0.3) is 10.9 Å². The van der Waals surface area contributed by atoms with E-state index in [2.05, 4.69) is 18.9 Å². The van der Waals surface area contributed by atoms with Gasteiger partial charge in [0.05, 0.1) is 11.7 Å². The first-order valence-corrected chi connectivity index (χ1v) is 4.95. The molecule has 0 spiro atoms. The van der Waals surface area contributed by atoms with Crippen molar-refractivity contribution in [1.29, 1.82) is 0 Å². The van der Waals surface area contributed by atoms with Crippen LogP contribution in [0.1, 0.15) is 26.3 Å². The zero-order valence-electron chi connectivity index (χ0n) is 8.57. The quantitative estimate of drug-likeness (QED) is 0.738. The Hall–Kier alpha value is -1.51. The summed E-state index contributed by atoms with van der Waals surface area (Å²) in [6.07, 6.45) is 2.96. The van der Waals surface area contributed by atoms with Gasteiger partial charge in [0.25, 0.3) is 0 Å². The molecule has 0 aliphatic carbocycles. The molecule has 2 rings (SSSR count). The van der Waals surface area contributed by atoms with E-state index in [-0.39, 0.29) is 0 Å². The highest BCUT2D eigenvalue weighted by Gasteiger charge is 2.07. The van der Waals surface area contributed by atoms with Crippen molar-refractivity contribution in [3.63, 3.8) is 0 Å². The van der Waals surface area contributed by atoms with Gasteiger partial charge in [-0.1, -0.05) is 6.92 Å². The van der Waals surface area contributed by atoms with E-state index in [0.29, 0.717) is 6.04 Å². The van der Waals surface area contributed by atoms with Gasteiger partial charge >= 0.3 is 0 Å². The lowest BCUT2D eigenvalue weighted by atomic mass is 10.2. The molecule has 3 heteroatoms. The van der Waals surface area contributed by atoms with Crippen molar-refractivity contribution < 1.29 is 0 Å². The molecule has 0 aliphatic rings. The molecule has 0 saturated carbocycles. The number of benzene rings is 1. The lowest BCUT2D eigenvalue weighted by molar-refractivity contribution is 0.493. The van der Waals surface area contributed by atoms with E-state index in [4.69, 9.17) is 5.73 Å². The first-order chi connectivity index (χ1) is 6.72. The van der Waals surface area contributed by atoms with Crippen LogP contribution in [0.2, 0.25) is 0 Å². The summed E-state index contributed by atoms with van der Waals surface area (Å²) in [7, 11) is 0. The fourth-order valence-corrected chi connectivity index (χ4v) is 1.58. The molecule has 0 bridgehead atoms. The minimum atomic E-state index is 0.425. The molecule has 0 aliphatic heterocycles. The van der Waals surface area contributed by atoms with Gasteiger partial charge in [-0.15, -0.1) is 0 Å². The van der Waals surface area contributed by atoms with Crippen molar-refractivity contribution in [3.05, 3.63) is 24.4 Å². The third-order valence-electron chi connectivity index (χ3n) is 2.63. The molecule has 3 nitrogen and oxygen atoms in total. The van der Waals surface area contributed by atoms with E-state index < -0.39 is 0 Å². The normalized spacial score (nSPS) is 13.3. The van der Waals surface area contributed by atoms with Crippen LogP contribution in [0.15, 0.2) is 24.4 Å². The molecule has 1 aromatic carbocycles. The smallest absolute Gasteiger partial charge is 0.0706 e. The van der Waals surface area contributed by atoms with Crippen LogP contribution in [0.4, 0.5) is 5.69 Å². The summed E-state index contributed by atoms with van der Waals surface area (Å²) in [5.74, 6) is 0. The highest BCUT2D eigenvalue weighted by atomic mass is 15.3. The SMILES string of the molecule is CC[C@H](C)n1ncc2ccc(N)cc21. The Kier molecular flexibility index (Phi) is 2.15. The van der Waals surface area contributed by atoms with Gasteiger partial charge in [0.2, 0.25) is 0 Å². The number of nitrogen functional groups attached to an aromatic ring is 1. The molecule has 74 valence electrons. The van der Waals surface area contributed by atoms with Gasteiger partial charge < -0.3 is 5.73 Å². The number of nitrogens with zero attached hydrogens (tertiary/aromatic N) is 2. The Labute approximate surface area is 83.5 Å². The topological polar surface area (TPSA) is 43.8 Å². The summed E-state index contributed by atoms with van der Waals surface area (Å²) in [6.45, 7) is 4.32. The van der Waals surface area contributed by atoms with Crippen LogP contribution < -0.4 is 5.73 Å². The van der Waals surface area contributed by atoms with Crippen molar-refractivity contribution in [2.24, 2.45) is 0 Å². The lowest BCUT2D eigenvalue weighted by Crippen LogP contribution is -2.05. The number of aromatic nitrogens is 2.